The lowest BCUT2D eigenvalue weighted by Gasteiger charge is -2.36. The summed E-state index contributed by atoms with van der Waals surface area (Å²) in [5.74, 6) is 0. The van der Waals surface area contributed by atoms with Crippen molar-refractivity contribution in [1.82, 2.24) is 5.32 Å². The summed E-state index contributed by atoms with van der Waals surface area (Å²) in [7, 11) is 0. The van der Waals surface area contributed by atoms with Gasteiger partial charge in [0.1, 0.15) is 0 Å². The SMILES string of the molecule is CC=CC1CNCCN1c1ccccc1. The highest BCUT2D eigenvalue weighted by molar-refractivity contribution is 5.48. The number of hydrogen-bond acceptors (Lipinski definition) is 2. The van der Waals surface area contributed by atoms with Crippen molar-refractivity contribution >= 4 is 5.69 Å². The van der Waals surface area contributed by atoms with E-state index in [1.54, 1.807) is 0 Å². The number of allylic oxidation sites excluding steroid dienone is 1. The van der Waals surface area contributed by atoms with Crippen LogP contribution in [-0.4, -0.2) is 25.7 Å². The average Bonchev–Trinajstić information content (AvgIpc) is 2.31. The Kier molecular flexibility index (Phi) is 3.41. The van der Waals surface area contributed by atoms with E-state index in [-0.39, 0.29) is 0 Å². The smallest absolute Gasteiger partial charge is 0.0598 e. The van der Waals surface area contributed by atoms with Crippen molar-refractivity contribution in [1.29, 1.82) is 0 Å². The first-order valence-corrected chi connectivity index (χ1v) is 5.57. The minimum atomic E-state index is 0.492. The molecule has 1 heterocycles. The van der Waals surface area contributed by atoms with Crippen molar-refractivity contribution < 1.29 is 0 Å². The van der Waals surface area contributed by atoms with Crippen LogP contribution in [0.3, 0.4) is 0 Å². The summed E-state index contributed by atoms with van der Waals surface area (Å²) in [6.45, 7) is 5.28. The van der Waals surface area contributed by atoms with E-state index in [0.29, 0.717) is 6.04 Å². The van der Waals surface area contributed by atoms with Crippen LogP contribution in [0.25, 0.3) is 0 Å². The van der Waals surface area contributed by atoms with Crippen molar-refractivity contribution in [2.75, 3.05) is 24.5 Å². The highest BCUT2D eigenvalue weighted by atomic mass is 15.2. The topological polar surface area (TPSA) is 15.3 Å². The van der Waals surface area contributed by atoms with Gasteiger partial charge in [0.15, 0.2) is 0 Å². The second kappa shape index (κ2) is 4.99. The van der Waals surface area contributed by atoms with Gasteiger partial charge in [-0.15, -0.1) is 0 Å². The number of para-hydroxylation sites is 1. The summed E-state index contributed by atoms with van der Waals surface area (Å²) >= 11 is 0. The summed E-state index contributed by atoms with van der Waals surface area (Å²) in [6.07, 6.45) is 4.40. The molecule has 1 saturated heterocycles. The largest absolute Gasteiger partial charge is 0.363 e. The van der Waals surface area contributed by atoms with E-state index in [9.17, 15) is 0 Å². The van der Waals surface area contributed by atoms with Crippen LogP contribution in [-0.2, 0) is 0 Å². The van der Waals surface area contributed by atoms with E-state index in [2.05, 4.69) is 59.6 Å². The molecule has 1 aromatic rings. The lowest BCUT2D eigenvalue weighted by atomic mass is 10.1. The van der Waals surface area contributed by atoms with Gasteiger partial charge >= 0.3 is 0 Å². The molecule has 1 atom stereocenters. The molecule has 2 nitrogen and oxygen atoms in total. The summed E-state index contributed by atoms with van der Waals surface area (Å²) in [4.78, 5) is 2.45. The number of hydrogen-bond donors (Lipinski definition) is 1. The van der Waals surface area contributed by atoms with Crippen LogP contribution in [0.5, 0.6) is 0 Å². The van der Waals surface area contributed by atoms with Crippen molar-refractivity contribution in [2.24, 2.45) is 0 Å². The molecule has 2 rings (SSSR count). The van der Waals surface area contributed by atoms with Gasteiger partial charge in [0.05, 0.1) is 6.04 Å². The summed E-state index contributed by atoms with van der Waals surface area (Å²) in [5, 5.41) is 3.43. The molecule has 2 heteroatoms. The lowest BCUT2D eigenvalue weighted by molar-refractivity contribution is 0.529. The molecule has 0 spiro atoms. The maximum atomic E-state index is 3.43. The first kappa shape index (κ1) is 10.2. The Labute approximate surface area is 91.6 Å². The second-order valence-corrected chi connectivity index (χ2v) is 3.83. The van der Waals surface area contributed by atoms with E-state index in [1.165, 1.54) is 5.69 Å². The quantitative estimate of drug-likeness (QED) is 0.738. The highest BCUT2D eigenvalue weighted by Gasteiger charge is 2.19. The molecule has 0 aromatic heterocycles. The van der Waals surface area contributed by atoms with Gasteiger partial charge in [0, 0.05) is 25.3 Å². The number of piperazine rings is 1. The van der Waals surface area contributed by atoms with E-state index >= 15 is 0 Å². The predicted octanol–water partition coefficient (Wildman–Crippen LogP) is 2.04. The molecule has 15 heavy (non-hydrogen) atoms. The predicted molar refractivity (Wildman–Crippen MR) is 65.3 cm³/mol. The van der Waals surface area contributed by atoms with Gasteiger partial charge in [0.25, 0.3) is 0 Å². The molecule has 1 aromatic carbocycles. The summed E-state index contributed by atoms with van der Waals surface area (Å²) in [6, 6.07) is 11.1. The van der Waals surface area contributed by atoms with Crippen molar-refractivity contribution in [2.45, 2.75) is 13.0 Å². The zero-order chi connectivity index (χ0) is 10.5. The Morgan fingerprint density at radius 1 is 1.33 bits per heavy atom. The Morgan fingerprint density at radius 2 is 2.13 bits per heavy atom. The standard InChI is InChI=1S/C13H18N2/c1-2-6-13-11-14-9-10-15(13)12-7-4-3-5-8-12/h2-8,13-14H,9-11H2,1H3. The highest BCUT2D eigenvalue weighted by Crippen LogP contribution is 2.18. The molecule has 0 radical (unpaired) electrons. The molecule has 80 valence electrons. The third kappa shape index (κ3) is 2.39. The van der Waals surface area contributed by atoms with Crippen molar-refractivity contribution in [3.05, 3.63) is 42.5 Å². The average molecular weight is 202 g/mol. The zero-order valence-electron chi connectivity index (χ0n) is 9.19. The Balaban J connectivity index is 2.18. The Hall–Kier alpha value is -1.28. The fourth-order valence-corrected chi connectivity index (χ4v) is 2.06. The van der Waals surface area contributed by atoms with Crippen LogP contribution in [0, 0.1) is 0 Å². The lowest BCUT2D eigenvalue weighted by Crippen LogP contribution is -2.50. The third-order valence-electron chi connectivity index (χ3n) is 2.79. The number of nitrogens with zero attached hydrogens (tertiary/aromatic N) is 1. The summed E-state index contributed by atoms with van der Waals surface area (Å²) in [5.41, 5.74) is 1.32. The van der Waals surface area contributed by atoms with Crippen LogP contribution in [0.4, 0.5) is 5.69 Å². The zero-order valence-corrected chi connectivity index (χ0v) is 9.19. The summed E-state index contributed by atoms with van der Waals surface area (Å²) < 4.78 is 0. The first-order chi connectivity index (χ1) is 7.42. The number of benzene rings is 1. The molecule has 0 amide bonds. The van der Waals surface area contributed by atoms with Gasteiger partial charge in [0.2, 0.25) is 0 Å². The van der Waals surface area contributed by atoms with E-state index < -0.39 is 0 Å². The van der Waals surface area contributed by atoms with Crippen LogP contribution < -0.4 is 10.2 Å². The molecule has 0 saturated carbocycles. The maximum absolute atomic E-state index is 3.43. The Morgan fingerprint density at radius 3 is 2.87 bits per heavy atom. The van der Waals surface area contributed by atoms with Crippen LogP contribution >= 0.6 is 0 Å². The second-order valence-electron chi connectivity index (χ2n) is 3.83. The molecular formula is C13H18N2. The van der Waals surface area contributed by atoms with Crippen molar-refractivity contribution in [3.63, 3.8) is 0 Å². The van der Waals surface area contributed by atoms with Crippen molar-refractivity contribution in [3.8, 4) is 0 Å². The normalized spacial score (nSPS) is 22.2. The van der Waals surface area contributed by atoms with Gasteiger partial charge in [-0.1, -0.05) is 30.4 Å². The molecule has 1 unspecified atom stereocenters. The number of rotatable bonds is 2. The molecule has 1 aliphatic heterocycles. The molecule has 1 aliphatic rings. The fraction of sp³-hybridized carbons (Fsp3) is 0.385. The Bertz CT molecular complexity index is 319. The molecule has 0 aliphatic carbocycles. The molecule has 1 N–H and O–H groups in total. The van der Waals surface area contributed by atoms with Gasteiger partial charge in [-0.25, -0.2) is 0 Å². The molecule has 1 fully saturated rings. The van der Waals surface area contributed by atoms with E-state index in [0.717, 1.165) is 19.6 Å². The van der Waals surface area contributed by atoms with Gasteiger partial charge in [-0.2, -0.15) is 0 Å². The minimum absolute atomic E-state index is 0.492. The van der Waals surface area contributed by atoms with E-state index in [1.807, 2.05) is 0 Å². The monoisotopic (exact) mass is 202 g/mol. The van der Waals surface area contributed by atoms with E-state index in [4.69, 9.17) is 0 Å². The van der Waals surface area contributed by atoms with Crippen LogP contribution in [0.15, 0.2) is 42.5 Å². The number of nitrogens with one attached hydrogen (secondary N) is 1. The molecule has 0 bridgehead atoms. The first-order valence-electron chi connectivity index (χ1n) is 5.57. The fourth-order valence-electron chi connectivity index (χ4n) is 2.06. The maximum Gasteiger partial charge on any atom is 0.0598 e. The third-order valence-corrected chi connectivity index (χ3v) is 2.79. The van der Waals surface area contributed by atoms with Gasteiger partial charge < -0.3 is 10.2 Å². The minimum Gasteiger partial charge on any atom is -0.363 e. The molecular weight excluding hydrogens is 184 g/mol. The number of anilines is 1. The van der Waals surface area contributed by atoms with Gasteiger partial charge in [-0.05, 0) is 19.1 Å². The van der Waals surface area contributed by atoms with Crippen LogP contribution in [0.2, 0.25) is 0 Å². The van der Waals surface area contributed by atoms with Gasteiger partial charge in [-0.3, -0.25) is 0 Å². The van der Waals surface area contributed by atoms with Crippen LogP contribution in [0.1, 0.15) is 6.92 Å².